The zero-order valence-corrected chi connectivity index (χ0v) is 15.6. The molecule has 0 N–H and O–H groups in total. The van der Waals surface area contributed by atoms with Gasteiger partial charge in [-0.1, -0.05) is 23.5 Å². The molecule has 3 rings (SSSR count). The summed E-state index contributed by atoms with van der Waals surface area (Å²) in [6, 6.07) is 11.6. The minimum Gasteiger partial charge on any atom is -0.493 e. The molecule has 27 heavy (non-hydrogen) atoms. The van der Waals surface area contributed by atoms with Gasteiger partial charge in [0.1, 0.15) is 0 Å². The van der Waals surface area contributed by atoms with Gasteiger partial charge in [0.25, 0.3) is 11.6 Å². The van der Waals surface area contributed by atoms with Crippen molar-refractivity contribution < 1.29 is 19.2 Å². The number of ether oxygens (including phenoxy) is 2. The van der Waals surface area contributed by atoms with Crippen molar-refractivity contribution >= 4 is 38.3 Å². The number of carbonyl (C=O) groups is 1. The Morgan fingerprint density at radius 1 is 1.26 bits per heavy atom. The second-order valence-electron chi connectivity index (χ2n) is 5.48. The maximum absolute atomic E-state index is 12.6. The van der Waals surface area contributed by atoms with Crippen LogP contribution in [0.4, 0.5) is 10.8 Å². The first-order valence-electron chi connectivity index (χ1n) is 8.14. The lowest BCUT2D eigenvalue weighted by Gasteiger charge is -2.18. The number of hydrogen-bond donors (Lipinski definition) is 0. The van der Waals surface area contributed by atoms with E-state index < -0.39 is 4.92 Å². The zero-order valence-electron chi connectivity index (χ0n) is 14.7. The normalized spacial score (nSPS) is 10.6. The molecule has 2 aromatic carbocycles. The van der Waals surface area contributed by atoms with Crippen LogP contribution in [0.1, 0.15) is 6.92 Å². The number of rotatable bonds is 7. The van der Waals surface area contributed by atoms with Crippen LogP contribution in [0.2, 0.25) is 0 Å². The van der Waals surface area contributed by atoms with Crippen LogP contribution >= 0.6 is 11.3 Å². The molecule has 0 atom stereocenters. The highest BCUT2D eigenvalue weighted by atomic mass is 32.1. The van der Waals surface area contributed by atoms with Gasteiger partial charge in [-0.2, -0.15) is 0 Å². The van der Waals surface area contributed by atoms with E-state index in [1.54, 1.807) is 0 Å². The summed E-state index contributed by atoms with van der Waals surface area (Å²) in [7, 11) is 1.43. The van der Waals surface area contributed by atoms with Crippen LogP contribution in [0.5, 0.6) is 11.5 Å². The number of fused-ring (bicyclic) bond motifs is 1. The van der Waals surface area contributed by atoms with Gasteiger partial charge >= 0.3 is 0 Å². The number of hydrogen-bond acceptors (Lipinski definition) is 7. The fourth-order valence-corrected chi connectivity index (χ4v) is 3.55. The molecule has 0 radical (unpaired) electrons. The third kappa shape index (κ3) is 3.98. The third-order valence-corrected chi connectivity index (χ3v) is 4.90. The molecule has 140 valence electrons. The van der Waals surface area contributed by atoms with Gasteiger partial charge in [-0.05, 0) is 25.1 Å². The van der Waals surface area contributed by atoms with Crippen LogP contribution < -0.4 is 14.4 Å². The summed E-state index contributed by atoms with van der Waals surface area (Å²) in [5.41, 5.74) is 0.682. The molecular formula is C18H17N3O5S. The van der Waals surface area contributed by atoms with E-state index in [1.165, 1.54) is 41.5 Å². The Labute approximate surface area is 159 Å². The molecule has 0 aliphatic carbocycles. The third-order valence-electron chi connectivity index (χ3n) is 3.84. The SMILES string of the molecule is CCN(C(=O)COc1cc([N+](=O)[O-])ccc1OC)c1nc2ccccc2s1. The van der Waals surface area contributed by atoms with E-state index >= 15 is 0 Å². The molecule has 1 heterocycles. The molecule has 0 unspecified atom stereocenters. The number of aromatic nitrogens is 1. The van der Waals surface area contributed by atoms with E-state index in [0.29, 0.717) is 17.4 Å². The number of carbonyl (C=O) groups excluding carboxylic acids is 1. The largest absolute Gasteiger partial charge is 0.493 e. The lowest BCUT2D eigenvalue weighted by molar-refractivity contribution is -0.385. The highest BCUT2D eigenvalue weighted by Gasteiger charge is 2.20. The molecule has 0 aliphatic rings. The summed E-state index contributed by atoms with van der Waals surface area (Å²) in [5.74, 6) is 0.155. The lowest BCUT2D eigenvalue weighted by atomic mass is 10.3. The minimum atomic E-state index is -0.534. The molecule has 1 aromatic heterocycles. The highest BCUT2D eigenvalue weighted by Crippen LogP contribution is 2.32. The van der Waals surface area contributed by atoms with E-state index in [9.17, 15) is 14.9 Å². The van der Waals surface area contributed by atoms with E-state index in [-0.39, 0.29) is 24.0 Å². The Hall–Kier alpha value is -3.20. The summed E-state index contributed by atoms with van der Waals surface area (Å²) in [5, 5.41) is 11.5. The van der Waals surface area contributed by atoms with Crippen LogP contribution in [-0.4, -0.2) is 36.1 Å². The first kappa shape index (κ1) is 18.6. The number of para-hydroxylation sites is 1. The van der Waals surface area contributed by atoms with Crippen molar-refractivity contribution in [2.24, 2.45) is 0 Å². The monoisotopic (exact) mass is 387 g/mol. The summed E-state index contributed by atoms with van der Waals surface area (Å²) in [6.45, 7) is 1.98. The van der Waals surface area contributed by atoms with Gasteiger partial charge in [-0.3, -0.25) is 19.8 Å². The summed E-state index contributed by atoms with van der Waals surface area (Å²) < 4.78 is 11.6. The number of thiazole rings is 1. The minimum absolute atomic E-state index is 0.139. The number of methoxy groups -OCH3 is 1. The number of amides is 1. The summed E-state index contributed by atoms with van der Waals surface area (Å²) in [4.78, 5) is 29.1. The average molecular weight is 387 g/mol. The first-order chi connectivity index (χ1) is 13.0. The molecule has 3 aromatic rings. The maximum atomic E-state index is 12.6. The van der Waals surface area contributed by atoms with Gasteiger partial charge in [0.15, 0.2) is 23.2 Å². The quantitative estimate of drug-likeness (QED) is 0.454. The van der Waals surface area contributed by atoms with Crippen molar-refractivity contribution in [1.82, 2.24) is 4.98 Å². The molecule has 8 nitrogen and oxygen atoms in total. The molecule has 0 bridgehead atoms. The fourth-order valence-electron chi connectivity index (χ4n) is 2.50. The molecule has 1 amide bonds. The Balaban J connectivity index is 1.77. The van der Waals surface area contributed by atoms with Crippen LogP contribution in [0, 0.1) is 10.1 Å². The number of nitrogens with zero attached hydrogens (tertiary/aromatic N) is 3. The van der Waals surface area contributed by atoms with Crippen molar-refractivity contribution in [1.29, 1.82) is 0 Å². The number of nitro groups is 1. The molecule has 0 fully saturated rings. The van der Waals surface area contributed by atoms with Crippen molar-refractivity contribution in [2.75, 3.05) is 25.2 Å². The standard InChI is InChI=1S/C18H17N3O5S/c1-3-20(18-19-13-6-4-5-7-16(13)27-18)17(22)11-26-15-10-12(21(23)24)8-9-14(15)25-2/h4-10H,3,11H2,1-2H3. The van der Waals surface area contributed by atoms with Gasteiger partial charge in [0.2, 0.25) is 0 Å². The topological polar surface area (TPSA) is 94.8 Å². The van der Waals surface area contributed by atoms with Crippen molar-refractivity contribution in [3.8, 4) is 11.5 Å². The van der Waals surface area contributed by atoms with Crippen molar-refractivity contribution in [3.63, 3.8) is 0 Å². The van der Waals surface area contributed by atoms with Gasteiger partial charge in [-0.15, -0.1) is 0 Å². The van der Waals surface area contributed by atoms with Crippen LogP contribution in [0.25, 0.3) is 10.2 Å². The summed E-state index contributed by atoms with van der Waals surface area (Å²) >= 11 is 1.42. The summed E-state index contributed by atoms with van der Waals surface area (Å²) in [6.07, 6.45) is 0. The van der Waals surface area contributed by atoms with Gasteiger partial charge in [0.05, 0.1) is 28.3 Å². The van der Waals surface area contributed by atoms with E-state index in [4.69, 9.17) is 9.47 Å². The Morgan fingerprint density at radius 2 is 2.04 bits per heavy atom. The first-order valence-corrected chi connectivity index (χ1v) is 8.96. The van der Waals surface area contributed by atoms with Crippen molar-refractivity contribution in [2.45, 2.75) is 6.92 Å². The Morgan fingerprint density at radius 3 is 2.70 bits per heavy atom. The van der Waals surface area contributed by atoms with E-state index in [2.05, 4.69) is 4.98 Å². The van der Waals surface area contributed by atoms with Crippen molar-refractivity contribution in [3.05, 3.63) is 52.6 Å². The van der Waals surface area contributed by atoms with Gasteiger partial charge in [-0.25, -0.2) is 4.98 Å². The second kappa shape index (κ2) is 8.00. The predicted molar refractivity (Wildman–Crippen MR) is 103 cm³/mol. The number of likely N-dealkylation sites (N-methyl/N-ethyl adjacent to an activating group) is 1. The van der Waals surface area contributed by atoms with Gasteiger partial charge < -0.3 is 9.47 Å². The highest BCUT2D eigenvalue weighted by molar-refractivity contribution is 7.22. The molecule has 0 saturated carbocycles. The van der Waals surface area contributed by atoms with Crippen LogP contribution in [0.3, 0.4) is 0 Å². The molecule has 0 spiro atoms. The smallest absolute Gasteiger partial charge is 0.273 e. The number of benzene rings is 2. The number of nitro benzene ring substituents is 1. The maximum Gasteiger partial charge on any atom is 0.273 e. The van der Waals surface area contributed by atoms with Gasteiger partial charge in [0, 0.05) is 12.6 Å². The molecular weight excluding hydrogens is 370 g/mol. The molecule has 9 heteroatoms. The zero-order chi connectivity index (χ0) is 19.4. The average Bonchev–Trinajstić information content (AvgIpc) is 3.10. The number of anilines is 1. The van der Waals surface area contributed by atoms with E-state index in [1.807, 2.05) is 31.2 Å². The Kier molecular flexibility index (Phi) is 5.51. The Bertz CT molecular complexity index is 955. The molecule has 0 aliphatic heterocycles. The lowest BCUT2D eigenvalue weighted by Crippen LogP contribution is -2.34. The van der Waals surface area contributed by atoms with Crippen LogP contribution in [-0.2, 0) is 4.79 Å². The second-order valence-corrected chi connectivity index (χ2v) is 6.49. The van der Waals surface area contributed by atoms with Crippen LogP contribution in [0.15, 0.2) is 42.5 Å². The van der Waals surface area contributed by atoms with E-state index in [0.717, 1.165) is 10.2 Å². The fraction of sp³-hybridized carbons (Fsp3) is 0.222. The molecule has 0 saturated heterocycles. The predicted octanol–water partition coefficient (Wildman–Crippen LogP) is 3.65. The number of non-ortho nitro benzene ring substituents is 1.